The number of hydrogen-bond acceptors (Lipinski definition) is 4. The molecule has 0 spiro atoms. The summed E-state index contributed by atoms with van der Waals surface area (Å²) in [5, 5.41) is 2.03. The first-order valence-corrected chi connectivity index (χ1v) is 7.89. The van der Waals surface area contributed by atoms with Crippen LogP contribution in [0.4, 0.5) is 0 Å². The maximum Gasteiger partial charge on any atom is 0.180 e. The minimum atomic E-state index is 0.0602. The maximum absolute atomic E-state index is 11.8. The Morgan fingerprint density at radius 1 is 1.17 bits per heavy atom. The van der Waals surface area contributed by atoms with Gasteiger partial charge in [-0.25, -0.2) is 9.97 Å². The summed E-state index contributed by atoms with van der Waals surface area (Å²) in [6.07, 6.45) is 7.77. The van der Waals surface area contributed by atoms with E-state index in [0.29, 0.717) is 12.1 Å². The van der Waals surface area contributed by atoms with Crippen molar-refractivity contribution in [2.24, 2.45) is 0 Å². The number of aryl methyl sites for hydroxylation is 1. The summed E-state index contributed by atoms with van der Waals surface area (Å²) >= 11 is 0. The van der Waals surface area contributed by atoms with Crippen LogP contribution in [0.2, 0.25) is 0 Å². The van der Waals surface area contributed by atoms with Gasteiger partial charge in [-0.3, -0.25) is 9.78 Å². The van der Waals surface area contributed by atoms with E-state index in [0.717, 1.165) is 38.6 Å². The smallest absolute Gasteiger partial charge is 0.180 e. The Labute approximate surface area is 138 Å². The van der Waals surface area contributed by atoms with E-state index >= 15 is 0 Å². The Bertz CT molecular complexity index is 1080. The Morgan fingerprint density at radius 2 is 2.04 bits per heavy atom. The second-order valence-corrected chi connectivity index (χ2v) is 5.82. The van der Waals surface area contributed by atoms with Gasteiger partial charge in [-0.05, 0) is 30.7 Å². The molecule has 4 aromatic rings. The molecule has 24 heavy (non-hydrogen) atoms. The molecular weight excluding hydrogens is 300 g/mol. The molecule has 0 aliphatic carbocycles. The molecule has 4 rings (SSSR count). The Balaban J connectivity index is 1.84. The maximum atomic E-state index is 11.8. The fourth-order valence-electron chi connectivity index (χ4n) is 2.95. The third-order valence-corrected chi connectivity index (χ3v) is 4.27. The zero-order chi connectivity index (χ0) is 16.7. The Morgan fingerprint density at radius 3 is 2.83 bits per heavy atom. The number of pyridine rings is 3. The van der Waals surface area contributed by atoms with E-state index in [-0.39, 0.29) is 5.78 Å². The lowest BCUT2D eigenvalue weighted by Gasteiger charge is -2.09. The zero-order valence-electron chi connectivity index (χ0n) is 13.5. The van der Waals surface area contributed by atoms with Crippen LogP contribution < -0.4 is 0 Å². The molecule has 118 valence electrons. The van der Waals surface area contributed by atoms with Crippen molar-refractivity contribution in [1.82, 2.24) is 19.9 Å². The van der Waals surface area contributed by atoms with E-state index in [1.807, 2.05) is 38.4 Å². The zero-order valence-corrected chi connectivity index (χ0v) is 13.5. The van der Waals surface area contributed by atoms with Gasteiger partial charge < -0.3 is 4.98 Å². The van der Waals surface area contributed by atoms with E-state index in [1.165, 1.54) is 0 Å². The van der Waals surface area contributed by atoms with Crippen molar-refractivity contribution in [3.8, 4) is 11.1 Å². The SMILES string of the molecule is CCC(=O)c1cc(C)c(-c2c[nH]c3c(cnc4nccc43)c2)cn1. The van der Waals surface area contributed by atoms with Crippen LogP contribution in [0.5, 0.6) is 0 Å². The van der Waals surface area contributed by atoms with Gasteiger partial charge in [-0.15, -0.1) is 0 Å². The molecule has 0 saturated carbocycles. The van der Waals surface area contributed by atoms with E-state index in [4.69, 9.17) is 0 Å². The quantitative estimate of drug-likeness (QED) is 0.578. The van der Waals surface area contributed by atoms with E-state index in [9.17, 15) is 4.79 Å². The highest BCUT2D eigenvalue weighted by atomic mass is 16.1. The Kier molecular flexibility index (Phi) is 3.34. The van der Waals surface area contributed by atoms with Crippen molar-refractivity contribution >= 4 is 27.7 Å². The lowest BCUT2D eigenvalue weighted by molar-refractivity contribution is 0.0983. The molecule has 0 saturated heterocycles. The van der Waals surface area contributed by atoms with Gasteiger partial charge in [-0.2, -0.15) is 0 Å². The highest BCUT2D eigenvalue weighted by molar-refractivity contribution is 6.02. The number of aromatic amines is 1. The molecule has 0 aliphatic rings. The van der Waals surface area contributed by atoms with Crippen molar-refractivity contribution < 1.29 is 4.79 Å². The first kappa shape index (κ1) is 14.5. The number of aromatic nitrogens is 4. The second-order valence-electron chi connectivity index (χ2n) is 5.82. The van der Waals surface area contributed by atoms with Gasteiger partial charge in [0.1, 0.15) is 5.69 Å². The van der Waals surface area contributed by atoms with Crippen molar-refractivity contribution in [1.29, 1.82) is 0 Å². The molecule has 0 aromatic carbocycles. The lowest BCUT2D eigenvalue weighted by Crippen LogP contribution is -2.01. The summed E-state index contributed by atoms with van der Waals surface area (Å²) in [7, 11) is 0. The van der Waals surface area contributed by atoms with Crippen LogP contribution in [-0.4, -0.2) is 25.7 Å². The summed E-state index contributed by atoms with van der Waals surface area (Å²) in [6, 6.07) is 5.89. The molecule has 0 aliphatic heterocycles. The molecule has 0 unspecified atom stereocenters. The summed E-state index contributed by atoms with van der Waals surface area (Å²) in [5.74, 6) is 0.0602. The van der Waals surface area contributed by atoms with Gasteiger partial charge in [0.05, 0.1) is 5.52 Å². The summed E-state index contributed by atoms with van der Waals surface area (Å²) in [5.41, 5.74) is 5.33. The second kappa shape index (κ2) is 5.53. The van der Waals surface area contributed by atoms with Gasteiger partial charge in [0, 0.05) is 53.1 Å². The number of ketones is 1. The van der Waals surface area contributed by atoms with Crippen molar-refractivity contribution in [2.75, 3.05) is 0 Å². The fraction of sp³-hybridized carbons (Fsp3) is 0.158. The standard InChI is InChI=1S/C19H16N4O/c1-3-17(24)16-6-11(2)15(10-21-16)12-7-13-9-23-19-14(4-5-20-19)18(13)22-8-12/h4-10,22H,3H2,1-2H3. The minimum absolute atomic E-state index is 0.0602. The molecule has 5 nitrogen and oxygen atoms in total. The largest absolute Gasteiger partial charge is 0.360 e. The fourth-order valence-corrected chi connectivity index (χ4v) is 2.95. The van der Waals surface area contributed by atoms with Crippen LogP contribution in [0.1, 0.15) is 29.4 Å². The molecule has 1 N–H and O–H groups in total. The summed E-state index contributed by atoms with van der Waals surface area (Å²) in [6.45, 7) is 3.84. The van der Waals surface area contributed by atoms with Crippen LogP contribution in [-0.2, 0) is 0 Å². The number of hydrogen-bond donors (Lipinski definition) is 1. The molecule has 4 heterocycles. The molecule has 5 heteroatoms. The average molecular weight is 316 g/mol. The number of Topliss-reactive ketones (excluding diaryl/α,β-unsaturated/α-hetero) is 1. The number of H-pyrrole nitrogens is 1. The first-order chi connectivity index (χ1) is 11.7. The van der Waals surface area contributed by atoms with Crippen molar-refractivity contribution in [2.45, 2.75) is 20.3 Å². The number of nitrogens with zero attached hydrogens (tertiary/aromatic N) is 3. The molecule has 0 bridgehead atoms. The highest BCUT2D eigenvalue weighted by Crippen LogP contribution is 2.28. The predicted molar refractivity (Wildman–Crippen MR) is 94.0 cm³/mol. The summed E-state index contributed by atoms with van der Waals surface area (Å²) < 4.78 is 0. The van der Waals surface area contributed by atoms with Gasteiger partial charge >= 0.3 is 0 Å². The Hall–Kier alpha value is -3.08. The van der Waals surface area contributed by atoms with Crippen LogP contribution in [0.3, 0.4) is 0 Å². The minimum Gasteiger partial charge on any atom is -0.360 e. The van der Waals surface area contributed by atoms with Crippen LogP contribution >= 0.6 is 0 Å². The molecule has 0 radical (unpaired) electrons. The topological polar surface area (TPSA) is 71.5 Å². The molecular formula is C19H16N4O. The van der Waals surface area contributed by atoms with Gasteiger partial charge in [0.2, 0.25) is 0 Å². The average Bonchev–Trinajstić information content (AvgIpc) is 3.09. The summed E-state index contributed by atoms with van der Waals surface area (Å²) in [4.78, 5) is 28.1. The third kappa shape index (κ3) is 2.25. The molecule has 0 atom stereocenters. The van der Waals surface area contributed by atoms with Gasteiger partial charge in [-0.1, -0.05) is 6.92 Å². The van der Waals surface area contributed by atoms with Gasteiger partial charge in [0.25, 0.3) is 0 Å². The first-order valence-electron chi connectivity index (χ1n) is 7.89. The molecule has 0 fully saturated rings. The molecule has 4 aromatic heterocycles. The monoisotopic (exact) mass is 316 g/mol. The van der Waals surface area contributed by atoms with Crippen LogP contribution in [0.15, 0.2) is 43.0 Å². The van der Waals surface area contributed by atoms with Crippen LogP contribution in [0.25, 0.3) is 33.1 Å². The number of carbonyl (C=O) groups excluding carboxylic acids is 1. The van der Waals surface area contributed by atoms with Crippen molar-refractivity contribution in [3.05, 3.63) is 54.2 Å². The normalized spacial score (nSPS) is 11.2. The number of nitrogens with one attached hydrogen (secondary N) is 1. The number of carbonyl (C=O) groups is 1. The number of rotatable bonds is 3. The molecule has 0 amide bonds. The van der Waals surface area contributed by atoms with Crippen LogP contribution in [0, 0.1) is 6.92 Å². The van der Waals surface area contributed by atoms with E-state index < -0.39 is 0 Å². The predicted octanol–water partition coefficient (Wildman–Crippen LogP) is 4.07. The van der Waals surface area contributed by atoms with E-state index in [1.54, 1.807) is 12.4 Å². The van der Waals surface area contributed by atoms with Crippen molar-refractivity contribution in [3.63, 3.8) is 0 Å². The lowest BCUT2D eigenvalue weighted by atomic mass is 10.0. The third-order valence-electron chi connectivity index (χ3n) is 4.27. The van der Waals surface area contributed by atoms with Gasteiger partial charge in [0.15, 0.2) is 11.4 Å². The highest BCUT2D eigenvalue weighted by Gasteiger charge is 2.10. The van der Waals surface area contributed by atoms with E-state index in [2.05, 4.69) is 26.0 Å². The number of fused-ring (bicyclic) bond motifs is 3.